The van der Waals surface area contributed by atoms with Crippen molar-refractivity contribution in [2.75, 3.05) is 26.2 Å². The van der Waals surface area contributed by atoms with Crippen LogP contribution in [0.3, 0.4) is 0 Å². The van der Waals surface area contributed by atoms with Gasteiger partial charge in [0.05, 0.1) is 16.5 Å². The Bertz CT molecular complexity index is 618. The standard InChI is InChI=1S/C16H23N3O2S.ClH/c1-14-7-11-19(12-8-14)10-2-9-18-22(20,21)16-5-3-15(13-17)4-6-16;/h3-6,14,18H,2,7-12H2,1H3;1H. The third-order valence-corrected chi connectivity index (χ3v) is 5.59. The summed E-state index contributed by atoms with van der Waals surface area (Å²) in [5, 5.41) is 8.73. The molecule has 0 saturated carbocycles. The van der Waals surface area contributed by atoms with Crippen molar-refractivity contribution in [3.05, 3.63) is 29.8 Å². The van der Waals surface area contributed by atoms with Crippen molar-refractivity contribution in [1.82, 2.24) is 9.62 Å². The predicted octanol–water partition coefficient (Wildman–Crippen LogP) is 2.38. The molecule has 1 saturated heterocycles. The van der Waals surface area contributed by atoms with Crippen LogP contribution in [0.5, 0.6) is 0 Å². The Hall–Kier alpha value is -1.13. The smallest absolute Gasteiger partial charge is 0.240 e. The maximum Gasteiger partial charge on any atom is 0.240 e. The average Bonchev–Trinajstić information content (AvgIpc) is 2.53. The van der Waals surface area contributed by atoms with Gasteiger partial charge in [0.2, 0.25) is 10.0 Å². The molecule has 1 aliphatic heterocycles. The Balaban J connectivity index is 0.00000264. The van der Waals surface area contributed by atoms with Crippen LogP contribution in [-0.2, 0) is 10.0 Å². The Morgan fingerprint density at radius 1 is 1.26 bits per heavy atom. The summed E-state index contributed by atoms with van der Waals surface area (Å²) in [7, 11) is -3.47. The van der Waals surface area contributed by atoms with E-state index in [1.165, 1.54) is 37.1 Å². The normalized spacial score (nSPS) is 16.5. The Morgan fingerprint density at radius 2 is 1.87 bits per heavy atom. The lowest BCUT2D eigenvalue weighted by atomic mass is 9.99. The summed E-state index contributed by atoms with van der Waals surface area (Å²) in [6, 6.07) is 7.94. The van der Waals surface area contributed by atoms with Gasteiger partial charge in [0.1, 0.15) is 0 Å². The number of benzene rings is 1. The Labute approximate surface area is 145 Å². The van der Waals surface area contributed by atoms with Crippen molar-refractivity contribution in [3.63, 3.8) is 0 Å². The number of sulfonamides is 1. The van der Waals surface area contributed by atoms with Crippen LogP contribution in [0.25, 0.3) is 0 Å². The number of nitrogens with one attached hydrogen (secondary N) is 1. The highest BCUT2D eigenvalue weighted by Crippen LogP contribution is 2.16. The lowest BCUT2D eigenvalue weighted by Gasteiger charge is -2.30. The average molecular weight is 358 g/mol. The summed E-state index contributed by atoms with van der Waals surface area (Å²) in [6.45, 7) is 5.88. The number of likely N-dealkylation sites (tertiary alicyclic amines) is 1. The van der Waals surface area contributed by atoms with Crippen molar-refractivity contribution < 1.29 is 8.42 Å². The molecule has 23 heavy (non-hydrogen) atoms. The molecular weight excluding hydrogens is 334 g/mol. The van der Waals surface area contributed by atoms with E-state index in [2.05, 4.69) is 16.5 Å². The molecule has 0 aliphatic carbocycles. The van der Waals surface area contributed by atoms with Gasteiger partial charge in [0.25, 0.3) is 0 Å². The highest BCUT2D eigenvalue weighted by Gasteiger charge is 2.16. The van der Waals surface area contributed by atoms with Gasteiger partial charge in [-0.3, -0.25) is 0 Å². The summed E-state index contributed by atoms with van der Waals surface area (Å²) in [6.07, 6.45) is 3.28. The number of halogens is 1. The van der Waals surface area contributed by atoms with Crippen molar-refractivity contribution >= 4 is 22.4 Å². The molecule has 128 valence electrons. The fraction of sp³-hybridized carbons (Fsp3) is 0.562. The molecule has 1 aliphatic rings. The molecule has 0 aromatic heterocycles. The van der Waals surface area contributed by atoms with Gasteiger partial charge in [0, 0.05) is 6.54 Å². The van der Waals surface area contributed by atoms with Gasteiger partial charge in [-0.25, -0.2) is 13.1 Å². The summed E-state index contributed by atoms with van der Waals surface area (Å²) in [4.78, 5) is 2.61. The van der Waals surface area contributed by atoms with Crippen LogP contribution in [0.2, 0.25) is 0 Å². The largest absolute Gasteiger partial charge is 0.303 e. The molecular formula is C16H24ClN3O2S. The third kappa shape index (κ3) is 6.11. The molecule has 0 radical (unpaired) electrons. The van der Waals surface area contributed by atoms with E-state index >= 15 is 0 Å². The number of hydrogen-bond acceptors (Lipinski definition) is 4. The van der Waals surface area contributed by atoms with Crippen molar-refractivity contribution in [2.24, 2.45) is 5.92 Å². The number of hydrogen-bond donors (Lipinski definition) is 1. The number of piperidine rings is 1. The first kappa shape index (κ1) is 19.9. The Morgan fingerprint density at radius 3 is 2.43 bits per heavy atom. The van der Waals surface area contributed by atoms with E-state index in [1.807, 2.05) is 6.07 Å². The van der Waals surface area contributed by atoms with E-state index in [4.69, 9.17) is 5.26 Å². The zero-order chi connectivity index (χ0) is 16.0. The number of nitriles is 1. The zero-order valence-corrected chi connectivity index (χ0v) is 15.0. The van der Waals surface area contributed by atoms with Crippen LogP contribution in [0.4, 0.5) is 0 Å². The van der Waals surface area contributed by atoms with Crippen LogP contribution in [0, 0.1) is 17.2 Å². The van der Waals surface area contributed by atoms with Crippen LogP contribution in [-0.4, -0.2) is 39.5 Å². The number of rotatable bonds is 6. The Kier molecular flexibility index (Phi) is 8.00. The van der Waals surface area contributed by atoms with Crippen molar-refractivity contribution in [1.29, 1.82) is 5.26 Å². The van der Waals surface area contributed by atoms with Gasteiger partial charge in [-0.2, -0.15) is 5.26 Å². The molecule has 7 heteroatoms. The topological polar surface area (TPSA) is 73.2 Å². The summed E-state index contributed by atoms with van der Waals surface area (Å²) in [5.74, 6) is 0.811. The fourth-order valence-electron chi connectivity index (χ4n) is 2.59. The van der Waals surface area contributed by atoms with Crippen molar-refractivity contribution in [2.45, 2.75) is 31.1 Å². The van der Waals surface area contributed by atoms with E-state index in [-0.39, 0.29) is 17.3 Å². The molecule has 0 bridgehead atoms. The van der Waals surface area contributed by atoms with Gasteiger partial charge in [-0.15, -0.1) is 12.4 Å². The minimum Gasteiger partial charge on any atom is -0.303 e. The van der Waals surface area contributed by atoms with Crippen LogP contribution in [0.15, 0.2) is 29.2 Å². The van der Waals surface area contributed by atoms with Crippen LogP contribution in [0.1, 0.15) is 31.7 Å². The predicted molar refractivity (Wildman–Crippen MR) is 93.0 cm³/mol. The first-order chi connectivity index (χ1) is 10.5. The van der Waals surface area contributed by atoms with E-state index in [0.717, 1.165) is 32.0 Å². The molecule has 0 atom stereocenters. The van der Waals surface area contributed by atoms with E-state index in [0.29, 0.717) is 12.1 Å². The van der Waals surface area contributed by atoms with Gasteiger partial charge >= 0.3 is 0 Å². The molecule has 1 aromatic rings. The zero-order valence-electron chi connectivity index (χ0n) is 13.4. The van der Waals surface area contributed by atoms with E-state index in [1.54, 1.807) is 0 Å². The lowest BCUT2D eigenvalue weighted by molar-refractivity contribution is 0.191. The first-order valence-electron chi connectivity index (χ1n) is 7.73. The fourth-order valence-corrected chi connectivity index (χ4v) is 3.66. The van der Waals surface area contributed by atoms with Gasteiger partial charge in [-0.05, 0) is 69.1 Å². The third-order valence-electron chi connectivity index (χ3n) is 4.11. The SMILES string of the molecule is CC1CCN(CCCNS(=O)(=O)c2ccc(C#N)cc2)CC1.Cl. The number of nitrogens with zero attached hydrogens (tertiary/aromatic N) is 2. The second-order valence-electron chi connectivity index (χ2n) is 5.91. The highest BCUT2D eigenvalue weighted by atomic mass is 35.5. The quantitative estimate of drug-likeness (QED) is 0.793. The van der Waals surface area contributed by atoms with Gasteiger partial charge in [0.15, 0.2) is 0 Å². The summed E-state index contributed by atoms with van der Waals surface area (Å²) in [5.41, 5.74) is 0.457. The molecule has 0 spiro atoms. The monoisotopic (exact) mass is 357 g/mol. The van der Waals surface area contributed by atoms with Crippen LogP contribution < -0.4 is 4.72 Å². The van der Waals surface area contributed by atoms with Gasteiger partial charge in [-0.1, -0.05) is 6.92 Å². The molecule has 1 N–H and O–H groups in total. The van der Waals surface area contributed by atoms with Gasteiger partial charge < -0.3 is 4.90 Å². The highest BCUT2D eigenvalue weighted by molar-refractivity contribution is 7.89. The van der Waals surface area contributed by atoms with E-state index < -0.39 is 10.0 Å². The van der Waals surface area contributed by atoms with Crippen LogP contribution >= 0.6 is 12.4 Å². The van der Waals surface area contributed by atoms with Crippen molar-refractivity contribution in [3.8, 4) is 6.07 Å². The minimum absolute atomic E-state index is 0. The maximum atomic E-state index is 12.1. The molecule has 2 rings (SSSR count). The molecule has 1 heterocycles. The molecule has 0 amide bonds. The summed E-state index contributed by atoms with van der Waals surface area (Å²) >= 11 is 0. The molecule has 1 fully saturated rings. The minimum atomic E-state index is -3.47. The second-order valence-corrected chi connectivity index (χ2v) is 7.68. The molecule has 5 nitrogen and oxygen atoms in total. The molecule has 1 aromatic carbocycles. The van der Waals surface area contributed by atoms with E-state index in [9.17, 15) is 8.42 Å². The first-order valence-corrected chi connectivity index (χ1v) is 9.22. The summed E-state index contributed by atoms with van der Waals surface area (Å²) < 4.78 is 26.9. The molecule has 0 unspecified atom stereocenters. The lowest BCUT2D eigenvalue weighted by Crippen LogP contribution is -2.35. The second kappa shape index (κ2) is 9.24. The maximum absolute atomic E-state index is 12.1.